The molecule has 0 spiro atoms. The molecular weight excluding hydrogens is 212 g/mol. The Hall–Kier alpha value is -0.730. The maximum atomic E-state index is 11.9. The van der Waals surface area contributed by atoms with E-state index in [1.54, 1.807) is 0 Å². The lowest BCUT2D eigenvalue weighted by Gasteiger charge is -2.33. The molecule has 17 heavy (non-hydrogen) atoms. The minimum absolute atomic E-state index is 0.0482. The number of hydrogen-bond donors (Lipinski definition) is 2. The Labute approximate surface area is 107 Å². The molecule has 0 heterocycles. The van der Waals surface area contributed by atoms with Gasteiger partial charge in [0.15, 0.2) is 0 Å². The monoisotopic (exact) mass is 242 g/mol. The van der Waals surface area contributed by atoms with Gasteiger partial charge in [0, 0.05) is 11.6 Å². The summed E-state index contributed by atoms with van der Waals surface area (Å²) in [5, 5.41) is 6.07. The molecule has 3 heteroatoms. The van der Waals surface area contributed by atoms with Gasteiger partial charge in [-0.15, -0.1) is 0 Å². The molecule has 0 aromatic rings. The van der Waals surface area contributed by atoms with Crippen LogP contribution in [-0.2, 0) is 0 Å². The molecule has 0 radical (unpaired) electrons. The number of carbonyl (C=O) groups is 1. The van der Waals surface area contributed by atoms with Crippen molar-refractivity contribution in [3.63, 3.8) is 0 Å². The molecule has 0 rings (SSSR count). The standard InChI is InChI=1S/C14H30N2O/c1-8-11(9-2)15-12(17)16-14(6,7)10-13(3,4)5/h11H,8-10H2,1-7H3,(H2,15,16,17). The summed E-state index contributed by atoms with van der Waals surface area (Å²) < 4.78 is 0. The van der Waals surface area contributed by atoms with Crippen LogP contribution in [0.25, 0.3) is 0 Å². The highest BCUT2D eigenvalue weighted by Crippen LogP contribution is 2.26. The third-order valence-corrected chi connectivity index (χ3v) is 2.75. The van der Waals surface area contributed by atoms with Crippen LogP contribution in [0.4, 0.5) is 4.79 Å². The molecule has 0 aliphatic heterocycles. The van der Waals surface area contributed by atoms with Gasteiger partial charge in [-0.1, -0.05) is 34.6 Å². The van der Waals surface area contributed by atoms with E-state index in [4.69, 9.17) is 0 Å². The molecule has 3 nitrogen and oxygen atoms in total. The van der Waals surface area contributed by atoms with E-state index in [2.05, 4.69) is 59.1 Å². The SMILES string of the molecule is CCC(CC)NC(=O)NC(C)(C)CC(C)(C)C. The quantitative estimate of drug-likeness (QED) is 0.758. The van der Waals surface area contributed by atoms with Crippen LogP contribution >= 0.6 is 0 Å². The van der Waals surface area contributed by atoms with Crippen LogP contribution in [0.1, 0.15) is 67.7 Å². The topological polar surface area (TPSA) is 41.1 Å². The van der Waals surface area contributed by atoms with Gasteiger partial charge in [-0.05, 0) is 38.5 Å². The lowest BCUT2D eigenvalue weighted by molar-refractivity contribution is 0.207. The first-order valence-electron chi connectivity index (χ1n) is 6.68. The number of amides is 2. The van der Waals surface area contributed by atoms with Crippen LogP contribution in [0.2, 0.25) is 0 Å². The van der Waals surface area contributed by atoms with E-state index >= 15 is 0 Å². The summed E-state index contributed by atoms with van der Waals surface area (Å²) in [6.07, 6.45) is 2.91. The lowest BCUT2D eigenvalue weighted by atomic mass is 9.82. The Bertz CT molecular complexity index is 237. The highest BCUT2D eigenvalue weighted by molar-refractivity contribution is 5.75. The summed E-state index contributed by atoms with van der Waals surface area (Å²) >= 11 is 0. The van der Waals surface area contributed by atoms with E-state index in [0.29, 0.717) is 0 Å². The van der Waals surface area contributed by atoms with Crippen molar-refractivity contribution in [2.24, 2.45) is 5.41 Å². The lowest BCUT2D eigenvalue weighted by Crippen LogP contribution is -2.52. The second-order valence-electron chi connectivity index (χ2n) is 6.73. The van der Waals surface area contributed by atoms with Crippen molar-refractivity contribution in [3.05, 3.63) is 0 Å². The van der Waals surface area contributed by atoms with Gasteiger partial charge in [-0.2, -0.15) is 0 Å². The van der Waals surface area contributed by atoms with Gasteiger partial charge in [0.1, 0.15) is 0 Å². The highest BCUT2D eigenvalue weighted by atomic mass is 16.2. The zero-order valence-electron chi connectivity index (χ0n) is 12.6. The Morgan fingerprint density at radius 1 is 1.06 bits per heavy atom. The first kappa shape index (κ1) is 16.3. The fourth-order valence-corrected chi connectivity index (χ4v) is 2.39. The average Bonchev–Trinajstić information content (AvgIpc) is 2.08. The third kappa shape index (κ3) is 8.06. The average molecular weight is 242 g/mol. The Morgan fingerprint density at radius 3 is 1.88 bits per heavy atom. The molecule has 0 fully saturated rings. The van der Waals surface area contributed by atoms with Crippen molar-refractivity contribution in [1.29, 1.82) is 0 Å². The van der Waals surface area contributed by atoms with E-state index in [1.807, 2.05) is 0 Å². The molecule has 2 N–H and O–H groups in total. The maximum Gasteiger partial charge on any atom is 0.315 e. The molecule has 0 atom stereocenters. The molecule has 2 amide bonds. The van der Waals surface area contributed by atoms with Gasteiger partial charge in [-0.3, -0.25) is 0 Å². The van der Waals surface area contributed by atoms with E-state index in [9.17, 15) is 4.79 Å². The first-order valence-corrected chi connectivity index (χ1v) is 6.68. The van der Waals surface area contributed by atoms with Crippen molar-refractivity contribution < 1.29 is 4.79 Å². The van der Waals surface area contributed by atoms with Crippen LogP contribution in [0.15, 0.2) is 0 Å². The molecule has 0 aromatic carbocycles. The number of rotatable bonds is 5. The fourth-order valence-electron chi connectivity index (χ4n) is 2.39. The molecule has 0 unspecified atom stereocenters. The normalized spacial score (nSPS) is 12.7. The Balaban J connectivity index is 4.27. The smallest absolute Gasteiger partial charge is 0.315 e. The van der Waals surface area contributed by atoms with Crippen LogP contribution in [0, 0.1) is 5.41 Å². The summed E-state index contributed by atoms with van der Waals surface area (Å²) in [6.45, 7) is 14.9. The predicted octanol–water partition coefficient (Wildman–Crippen LogP) is 3.69. The van der Waals surface area contributed by atoms with Gasteiger partial charge in [0.25, 0.3) is 0 Å². The number of nitrogens with one attached hydrogen (secondary N) is 2. The molecule has 0 bridgehead atoms. The van der Waals surface area contributed by atoms with Crippen LogP contribution in [0.3, 0.4) is 0 Å². The zero-order valence-corrected chi connectivity index (χ0v) is 12.6. The van der Waals surface area contributed by atoms with Gasteiger partial charge >= 0.3 is 6.03 Å². The predicted molar refractivity (Wildman–Crippen MR) is 74.2 cm³/mol. The highest BCUT2D eigenvalue weighted by Gasteiger charge is 2.27. The summed E-state index contributed by atoms with van der Waals surface area (Å²) in [6, 6.07) is 0.230. The van der Waals surface area contributed by atoms with E-state index < -0.39 is 0 Å². The molecular formula is C14H30N2O. The van der Waals surface area contributed by atoms with Crippen LogP contribution in [0.5, 0.6) is 0 Å². The molecule has 102 valence electrons. The van der Waals surface area contributed by atoms with E-state index in [-0.39, 0.29) is 23.0 Å². The Kier molecular flexibility index (Phi) is 6.00. The van der Waals surface area contributed by atoms with E-state index in [0.717, 1.165) is 19.3 Å². The first-order chi connectivity index (χ1) is 7.59. The summed E-state index contributed by atoms with van der Waals surface area (Å²) in [5.41, 5.74) is 0.0417. The molecule has 0 aliphatic rings. The maximum absolute atomic E-state index is 11.9. The van der Waals surface area contributed by atoms with Crippen LogP contribution < -0.4 is 10.6 Å². The van der Waals surface area contributed by atoms with Crippen molar-refractivity contribution in [3.8, 4) is 0 Å². The van der Waals surface area contributed by atoms with Gasteiger partial charge in [0.2, 0.25) is 0 Å². The minimum atomic E-state index is -0.172. The zero-order chi connectivity index (χ0) is 13.7. The largest absolute Gasteiger partial charge is 0.335 e. The summed E-state index contributed by atoms with van der Waals surface area (Å²) in [7, 11) is 0. The van der Waals surface area contributed by atoms with Gasteiger partial charge < -0.3 is 10.6 Å². The number of carbonyl (C=O) groups excluding carboxylic acids is 1. The minimum Gasteiger partial charge on any atom is -0.335 e. The van der Waals surface area contributed by atoms with E-state index in [1.165, 1.54) is 0 Å². The molecule has 0 saturated carbocycles. The fraction of sp³-hybridized carbons (Fsp3) is 0.929. The summed E-state index contributed by atoms with van der Waals surface area (Å²) in [4.78, 5) is 11.9. The molecule has 0 saturated heterocycles. The van der Waals surface area contributed by atoms with Gasteiger partial charge in [-0.25, -0.2) is 4.79 Å². The molecule has 0 aliphatic carbocycles. The number of urea groups is 1. The van der Waals surface area contributed by atoms with Crippen molar-refractivity contribution in [2.45, 2.75) is 79.3 Å². The Morgan fingerprint density at radius 2 is 1.53 bits per heavy atom. The van der Waals surface area contributed by atoms with Crippen molar-refractivity contribution >= 4 is 6.03 Å². The summed E-state index contributed by atoms with van der Waals surface area (Å²) in [5.74, 6) is 0. The van der Waals surface area contributed by atoms with Crippen molar-refractivity contribution in [2.75, 3.05) is 0 Å². The van der Waals surface area contributed by atoms with Crippen LogP contribution in [-0.4, -0.2) is 17.6 Å². The third-order valence-electron chi connectivity index (χ3n) is 2.75. The molecule has 0 aromatic heterocycles. The van der Waals surface area contributed by atoms with Crippen molar-refractivity contribution in [1.82, 2.24) is 10.6 Å². The van der Waals surface area contributed by atoms with Gasteiger partial charge in [0.05, 0.1) is 0 Å². The second-order valence-corrected chi connectivity index (χ2v) is 6.73. The second kappa shape index (κ2) is 6.27. The number of hydrogen-bond acceptors (Lipinski definition) is 1.